The molecule has 7 heteroatoms. The maximum Gasteiger partial charge on any atom is 0.267 e. The lowest BCUT2D eigenvalue weighted by Gasteiger charge is -2.14. The number of hydrogen-bond donors (Lipinski definition) is 1. The predicted octanol–water partition coefficient (Wildman–Crippen LogP) is 2.60. The van der Waals surface area contributed by atoms with Crippen molar-refractivity contribution in [1.82, 2.24) is 19.9 Å². The van der Waals surface area contributed by atoms with E-state index >= 15 is 0 Å². The van der Waals surface area contributed by atoms with Gasteiger partial charge >= 0.3 is 0 Å². The lowest BCUT2D eigenvalue weighted by molar-refractivity contribution is 0.0945. The van der Waals surface area contributed by atoms with E-state index in [1.807, 2.05) is 35.3 Å². The molecule has 1 saturated carbocycles. The van der Waals surface area contributed by atoms with E-state index in [2.05, 4.69) is 20.2 Å². The molecule has 0 radical (unpaired) electrons. The number of anilines is 1. The fourth-order valence-corrected chi connectivity index (χ4v) is 3.46. The van der Waals surface area contributed by atoms with Crippen LogP contribution < -0.4 is 10.2 Å². The molecule has 1 N–H and O–H groups in total. The maximum absolute atomic E-state index is 12.5. The van der Waals surface area contributed by atoms with Crippen molar-refractivity contribution in [2.75, 3.05) is 24.5 Å². The number of nitriles is 1. The number of hydrogen-bond acceptors (Lipinski definition) is 5. The summed E-state index contributed by atoms with van der Waals surface area (Å²) < 4.78 is 2.03. The first kappa shape index (κ1) is 17.5. The van der Waals surface area contributed by atoms with Crippen LogP contribution in [0.25, 0.3) is 11.1 Å². The van der Waals surface area contributed by atoms with E-state index in [0.29, 0.717) is 24.6 Å². The van der Waals surface area contributed by atoms with E-state index in [0.717, 1.165) is 36.7 Å². The largest absolute Gasteiger partial charge is 0.350 e. The minimum Gasteiger partial charge on any atom is -0.350 e. The Bertz CT molecular complexity index is 840. The molecule has 27 heavy (non-hydrogen) atoms. The van der Waals surface area contributed by atoms with Gasteiger partial charge in [0.1, 0.15) is 5.69 Å². The molecule has 1 aliphatic heterocycles. The highest BCUT2D eigenvalue weighted by Crippen LogP contribution is 2.32. The second-order valence-corrected chi connectivity index (χ2v) is 7.34. The number of carbonyl (C=O) groups excluding carboxylic acids is 1. The van der Waals surface area contributed by atoms with Gasteiger partial charge in [-0.2, -0.15) is 5.26 Å². The Kier molecular flexibility index (Phi) is 5.05. The van der Waals surface area contributed by atoms with Crippen LogP contribution in [0.5, 0.6) is 0 Å². The summed E-state index contributed by atoms with van der Waals surface area (Å²) in [6.07, 6.45) is 10.8. The standard InChI is InChI=1S/C20H24N6O/c21-6-3-7-22-19(27)18-10-16(14-26(18)13-15-4-5-15)17-11-23-20(24-12-17)25-8-1-2-9-25/h10-12,14-15H,1-5,7-9,13H2,(H,22,27). The van der Waals surface area contributed by atoms with Crippen molar-refractivity contribution in [1.29, 1.82) is 5.26 Å². The van der Waals surface area contributed by atoms with Gasteiger partial charge in [0, 0.05) is 55.9 Å². The Morgan fingerprint density at radius 1 is 1.22 bits per heavy atom. The number of aromatic nitrogens is 3. The average molecular weight is 364 g/mol. The number of carbonyl (C=O) groups is 1. The summed E-state index contributed by atoms with van der Waals surface area (Å²) in [6.45, 7) is 3.26. The fourth-order valence-electron chi connectivity index (χ4n) is 3.46. The first-order valence-electron chi connectivity index (χ1n) is 9.67. The molecule has 0 aromatic carbocycles. The smallest absolute Gasteiger partial charge is 0.267 e. The van der Waals surface area contributed by atoms with E-state index in [1.165, 1.54) is 25.7 Å². The van der Waals surface area contributed by atoms with E-state index in [9.17, 15) is 4.79 Å². The minimum atomic E-state index is -0.133. The van der Waals surface area contributed by atoms with Gasteiger partial charge in [0.15, 0.2) is 0 Å². The van der Waals surface area contributed by atoms with Crippen LogP contribution in [0.4, 0.5) is 5.95 Å². The van der Waals surface area contributed by atoms with Crippen LogP contribution in [0.3, 0.4) is 0 Å². The van der Waals surface area contributed by atoms with Crippen molar-refractivity contribution in [2.45, 2.75) is 38.6 Å². The SMILES string of the molecule is N#CCCNC(=O)c1cc(-c2cnc(N3CCCC3)nc2)cn1CC1CC1. The van der Waals surface area contributed by atoms with E-state index in [1.54, 1.807) is 0 Å². The van der Waals surface area contributed by atoms with Gasteiger partial charge in [0.2, 0.25) is 5.95 Å². The van der Waals surface area contributed by atoms with Crippen molar-refractivity contribution in [3.05, 3.63) is 30.4 Å². The third-order valence-electron chi connectivity index (χ3n) is 5.16. The summed E-state index contributed by atoms with van der Waals surface area (Å²) in [5.41, 5.74) is 2.51. The van der Waals surface area contributed by atoms with Gasteiger partial charge in [-0.3, -0.25) is 4.79 Å². The van der Waals surface area contributed by atoms with E-state index in [-0.39, 0.29) is 5.91 Å². The number of amides is 1. The van der Waals surface area contributed by atoms with Gasteiger partial charge in [0.05, 0.1) is 12.5 Å². The highest BCUT2D eigenvalue weighted by molar-refractivity contribution is 5.94. The lowest BCUT2D eigenvalue weighted by Crippen LogP contribution is -2.26. The average Bonchev–Trinajstić information content (AvgIpc) is 3.17. The van der Waals surface area contributed by atoms with Crippen molar-refractivity contribution < 1.29 is 4.79 Å². The fraction of sp³-hybridized carbons (Fsp3) is 0.500. The van der Waals surface area contributed by atoms with Crippen LogP contribution in [-0.2, 0) is 6.54 Å². The molecule has 1 aliphatic carbocycles. The first-order valence-corrected chi connectivity index (χ1v) is 9.67. The van der Waals surface area contributed by atoms with Crippen LogP contribution in [0.2, 0.25) is 0 Å². The second-order valence-electron chi connectivity index (χ2n) is 7.34. The lowest BCUT2D eigenvalue weighted by atomic mass is 10.2. The van der Waals surface area contributed by atoms with Crippen molar-refractivity contribution in [3.63, 3.8) is 0 Å². The van der Waals surface area contributed by atoms with Gasteiger partial charge in [0.25, 0.3) is 5.91 Å². The Morgan fingerprint density at radius 2 is 1.96 bits per heavy atom. The highest BCUT2D eigenvalue weighted by Gasteiger charge is 2.24. The Labute approximate surface area is 159 Å². The minimum absolute atomic E-state index is 0.133. The zero-order valence-corrected chi connectivity index (χ0v) is 15.4. The van der Waals surface area contributed by atoms with Crippen LogP contribution in [0, 0.1) is 17.2 Å². The number of rotatable bonds is 7. The van der Waals surface area contributed by atoms with Crippen molar-refractivity contribution in [3.8, 4) is 17.2 Å². The molecule has 0 unspecified atom stereocenters. The van der Waals surface area contributed by atoms with Gasteiger partial charge in [-0.1, -0.05) is 0 Å². The third kappa shape index (κ3) is 4.11. The topological polar surface area (TPSA) is 86.8 Å². The molecule has 2 fully saturated rings. The van der Waals surface area contributed by atoms with E-state index in [4.69, 9.17) is 5.26 Å². The second kappa shape index (κ2) is 7.78. The van der Waals surface area contributed by atoms with Crippen LogP contribution >= 0.6 is 0 Å². The van der Waals surface area contributed by atoms with Crippen LogP contribution in [0.15, 0.2) is 24.7 Å². The molecule has 0 bridgehead atoms. The summed E-state index contributed by atoms with van der Waals surface area (Å²) in [6, 6.07) is 3.95. The van der Waals surface area contributed by atoms with Gasteiger partial charge in [-0.25, -0.2) is 9.97 Å². The molecular formula is C20H24N6O. The molecule has 0 spiro atoms. The van der Waals surface area contributed by atoms with Crippen molar-refractivity contribution in [2.24, 2.45) is 5.92 Å². The molecule has 1 amide bonds. The molecule has 2 aromatic rings. The zero-order valence-electron chi connectivity index (χ0n) is 15.4. The summed E-state index contributed by atoms with van der Waals surface area (Å²) in [5.74, 6) is 1.31. The molecule has 0 atom stereocenters. The van der Waals surface area contributed by atoms with Gasteiger partial charge in [-0.05, 0) is 37.7 Å². The van der Waals surface area contributed by atoms with E-state index < -0.39 is 0 Å². The van der Waals surface area contributed by atoms with Crippen LogP contribution in [-0.4, -0.2) is 40.1 Å². The van der Waals surface area contributed by atoms with Crippen molar-refractivity contribution >= 4 is 11.9 Å². The molecule has 2 aliphatic rings. The molecule has 7 nitrogen and oxygen atoms in total. The number of nitrogens with one attached hydrogen (secondary N) is 1. The molecule has 140 valence electrons. The number of nitrogens with zero attached hydrogens (tertiary/aromatic N) is 5. The third-order valence-corrected chi connectivity index (χ3v) is 5.16. The normalized spacial score (nSPS) is 16.3. The molecule has 2 aromatic heterocycles. The Morgan fingerprint density at radius 3 is 2.63 bits per heavy atom. The summed E-state index contributed by atoms with van der Waals surface area (Å²) in [4.78, 5) is 23.8. The Hall–Kier alpha value is -2.88. The first-order chi connectivity index (χ1) is 13.2. The monoisotopic (exact) mass is 364 g/mol. The van der Waals surface area contributed by atoms with Gasteiger partial charge in [-0.15, -0.1) is 0 Å². The van der Waals surface area contributed by atoms with Gasteiger partial charge < -0.3 is 14.8 Å². The molecule has 3 heterocycles. The molecular weight excluding hydrogens is 340 g/mol. The molecule has 4 rings (SSSR count). The summed E-state index contributed by atoms with van der Waals surface area (Å²) in [5, 5.41) is 11.5. The van der Waals surface area contributed by atoms with Crippen LogP contribution in [0.1, 0.15) is 42.6 Å². The summed E-state index contributed by atoms with van der Waals surface area (Å²) in [7, 11) is 0. The Balaban J connectivity index is 1.54. The quantitative estimate of drug-likeness (QED) is 0.763. The highest BCUT2D eigenvalue weighted by atomic mass is 16.1. The summed E-state index contributed by atoms with van der Waals surface area (Å²) >= 11 is 0. The zero-order chi connectivity index (χ0) is 18.6. The maximum atomic E-state index is 12.5. The molecule has 1 saturated heterocycles. The predicted molar refractivity (Wildman–Crippen MR) is 102 cm³/mol.